The summed E-state index contributed by atoms with van der Waals surface area (Å²) in [6.07, 6.45) is 4.11. The minimum absolute atomic E-state index is 0.128. The lowest BCUT2D eigenvalue weighted by Crippen LogP contribution is -2.14. The molecule has 0 fully saturated rings. The molecule has 0 aliphatic rings. The van der Waals surface area contributed by atoms with Crippen LogP contribution in [-0.4, -0.2) is 34.5 Å². The Kier molecular flexibility index (Phi) is 8.57. The van der Waals surface area contributed by atoms with Crippen LogP contribution in [0.4, 0.5) is 0 Å². The van der Waals surface area contributed by atoms with Crippen LogP contribution in [-0.2, 0) is 4.79 Å². The van der Waals surface area contributed by atoms with E-state index in [0.717, 1.165) is 12.8 Å². The Balaban J connectivity index is 3.61. The maximum absolute atomic E-state index is 10.8. The Morgan fingerprint density at radius 2 is 1.36 bits per heavy atom. The molecule has 3 N–H and O–H groups in total. The number of carbonyl (C=O) groups is 1. The number of aliphatic hydroxyl groups is 2. The van der Waals surface area contributed by atoms with Crippen molar-refractivity contribution in [2.24, 2.45) is 5.92 Å². The smallest absolute Gasteiger partial charge is 0.306 e. The standard InChI is InChI=1S/C10H20O4/c11-7-3-1-5-9(10(13)14)6-2-4-8-12/h9,11-12H,1-8H2,(H,13,14). The van der Waals surface area contributed by atoms with E-state index in [4.69, 9.17) is 15.3 Å². The molecular weight excluding hydrogens is 184 g/mol. The summed E-state index contributed by atoms with van der Waals surface area (Å²) in [5.74, 6) is -1.08. The average molecular weight is 204 g/mol. The quantitative estimate of drug-likeness (QED) is 0.490. The number of carboxylic acids is 1. The SMILES string of the molecule is O=C(O)C(CCCCO)CCCCO. The fraction of sp³-hybridized carbons (Fsp3) is 0.900. The predicted octanol–water partition coefficient (Wildman–Crippen LogP) is 1.01. The number of rotatable bonds is 9. The van der Waals surface area contributed by atoms with Gasteiger partial charge >= 0.3 is 5.97 Å². The van der Waals surface area contributed by atoms with Gasteiger partial charge in [0.15, 0.2) is 0 Å². The average Bonchev–Trinajstić information content (AvgIpc) is 2.15. The second-order valence-corrected chi connectivity index (χ2v) is 3.47. The molecule has 0 aliphatic carbocycles. The van der Waals surface area contributed by atoms with Gasteiger partial charge < -0.3 is 15.3 Å². The molecule has 0 amide bonds. The highest BCUT2D eigenvalue weighted by atomic mass is 16.4. The molecule has 0 saturated carbocycles. The highest BCUT2D eigenvalue weighted by Crippen LogP contribution is 2.16. The van der Waals surface area contributed by atoms with Crippen molar-refractivity contribution >= 4 is 5.97 Å². The topological polar surface area (TPSA) is 77.8 Å². The summed E-state index contributed by atoms with van der Waals surface area (Å²) in [4.78, 5) is 10.8. The zero-order chi connectivity index (χ0) is 10.8. The van der Waals surface area contributed by atoms with Crippen LogP contribution in [0.1, 0.15) is 38.5 Å². The van der Waals surface area contributed by atoms with Crippen LogP contribution in [0.2, 0.25) is 0 Å². The molecular formula is C10H20O4. The van der Waals surface area contributed by atoms with Gasteiger partial charge in [-0.15, -0.1) is 0 Å². The molecule has 14 heavy (non-hydrogen) atoms. The van der Waals surface area contributed by atoms with Gasteiger partial charge in [-0.3, -0.25) is 4.79 Å². The lowest BCUT2D eigenvalue weighted by Gasteiger charge is -2.10. The first kappa shape index (κ1) is 13.4. The first-order chi connectivity index (χ1) is 6.72. The van der Waals surface area contributed by atoms with E-state index in [9.17, 15) is 4.79 Å². The highest BCUT2D eigenvalue weighted by Gasteiger charge is 2.15. The highest BCUT2D eigenvalue weighted by molar-refractivity contribution is 5.69. The van der Waals surface area contributed by atoms with E-state index in [1.165, 1.54) is 0 Å². The minimum Gasteiger partial charge on any atom is -0.481 e. The molecule has 0 spiro atoms. The molecule has 4 nitrogen and oxygen atoms in total. The summed E-state index contributed by atoms with van der Waals surface area (Å²) < 4.78 is 0. The Morgan fingerprint density at radius 3 is 1.64 bits per heavy atom. The predicted molar refractivity (Wildman–Crippen MR) is 53.0 cm³/mol. The van der Waals surface area contributed by atoms with Crippen LogP contribution in [0.25, 0.3) is 0 Å². The van der Waals surface area contributed by atoms with Crippen molar-refractivity contribution in [1.29, 1.82) is 0 Å². The van der Waals surface area contributed by atoms with Gasteiger partial charge in [-0.1, -0.05) is 12.8 Å². The summed E-state index contributed by atoms with van der Waals surface area (Å²) >= 11 is 0. The number of aliphatic carboxylic acids is 1. The third-order valence-corrected chi connectivity index (χ3v) is 2.27. The number of hydrogen-bond donors (Lipinski definition) is 3. The van der Waals surface area contributed by atoms with Gasteiger partial charge in [-0.2, -0.15) is 0 Å². The summed E-state index contributed by atoms with van der Waals surface area (Å²) in [6, 6.07) is 0. The molecule has 0 saturated heterocycles. The van der Waals surface area contributed by atoms with Crippen molar-refractivity contribution in [1.82, 2.24) is 0 Å². The van der Waals surface area contributed by atoms with Crippen molar-refractivity contribution in [3.8, 4) is 0 Å². The molecule has 0 aromatic carbocycles. The monoisotopic (exact) mass is 204 g/mol. The van der Waals surface area contributed by atoms with Crippen LogP contribution >= 0.6 is 0 Å². The summed E-state index contributed by atoms with van der Waals surface area (Å²) in [6.45, 7) is 0.256. The van der Waals surface area contributed by atoms with E-state index in [2.05, 4.69) is 0 Å². The molecule has 0 aromatic rings. The zero-order valence-electron chi connectivity index (χ0n) is 8.48. The second kappa shape index (κ2) is 8.97. The molecule has 84 valence electrons. The summed E-state index contributed by atoms with van der Waals surface area (Å²) in [7, 11) is 0. The fourth-order valence-electron chi connectivity index (χ4n) is 1.40. The molecule has 0 unspecified atom stereocenters. The van der Waals surface area contributed by atoms with Crippen molar-refractivity contribution in [2.45, 2.75) is 38.5 Å². The van der Waals surface area contributed by atoms with Crippen LogP contribution in [0.3, 0.4) is 0 Å². The molecule has 0 aromatic heterocycles. The number of carboxylic acid groups (broad SMARTS) is 1. The molecule has 4 heteroatoms. The third kappa shape index (κ3) is 6.86. The van der Waals surface area contributed by atoms with Crippen molar-refractivity contribution < 1.29 is 20.1 Å². The lowest BCUT2D eigenvalue weighted by atomic mass is 9.96. The van der Waals surface area contributed by atoms with E-state index < -0.39 is 5.97 Å². The van der Waals surface area contributed by atoms with Gasteiger partial charge in [0.05, 0.1) is 5.92 Å². The van der Waals surface area contributed by atoms with Crippen LogP contribution in [0, 0.1) is 5.92 Å². The molecule has 0 heterocycles. The largest absolute Gasteiger partial charge is 0.481 e. The number of aliphatic hydroxyl groups excluding tert-OH is 2. The summed E-state index contributed by atoms with van der Waals surface area (Å²) in [5.41, 5.74) is 0. The Bertz CT molecular complexity index is 137. The van der Waals surface area contributed by atoms with Crippen molar-refractivity contribution in [3.05, 3.63) is 0 Å². The fourth-order valence-corrected chi connectivity index (χ4v) is 1.40. The van der Waals surface area contributed by atoms with Crippen LogP contribution < -0.4 is 0 Å². The third-order valence-electron chi connectivity index (χ3n) is 2.27. The first-order valence-corrected chi connectivity index (χ1v) is 5.17. The first-order valence-electron chi connectivity index (χ1n) is 5.17. The Labute approximate surface area is 84.6 Å². The van der Waals surface area contributed by atoms with Crippen molar-refractivity contribution in [2.75, 3.05) is 13.2 Å². The number of unbranched alkanes of at least 4 members (excludes halogenated alkanes) is 2. The number of hydrogen-bond acceptors (Lipinski definition) is 3. The van der Waals surface area contributed by atoms with Gasteiger partial charge in [0.1, 0.15) is 0 Å². The van der Waals surface area contributed by atoms with E-state index in [0.29, 0.717) is 25.7 Å². The summed E-state index contributed by atoms with van der Waals surface area (Å²) in [5, 5.41) is 25.9. The van der Waals surface area contributed by atoms with Gasteiger partial charge in [-0.25, -0.2) is 0 Å². The molecule has 0 rings (SSSR count). The maximum atomic E-state index is 10.8. The van der Waals surface area contributed by atoms with E-state index >= 15 is 0 Å². The Hall–Kier alpha value is -0.610. The van der Waals surface area contributed by atoms with Crippen LogP contribution in [0.15, 0.2) is 0 Å². The maximum Gasteiger partial charge on any atom is 0.306 e. The van der Waals surface area contributed by atoms with E-state index in [1.807, 2.05) is 0 Å². The van der Waals surface area contributed by atoms with Gasteiger partial charge in [0.2, 0.25) is 0 Å². The van der Waals surface area contributed by atoms with Crippen LogP contribution in [0.5, 0.6) is 0 Å². The van der Waals surface area contributed by atoms with Gasteiger partial charge in [0, 0.05) is 13.2 Å². The zero-order valence-corrected chi connectivity index (χ0v) is 8.48. The molecule has 0 atom stereocenters. The minimum atomic E-state index is -0.763. The van der Waals surface area contributed by atoms with Gasteiger partial charge in [0.25, 0.3) is 0 Å². The molecule has 0 aliphatic heterocycles. The van der Waals surface area contributed by atoms with Crippen molar-refractivity contribution in [3.63, 3.8) is 0 Å². The normalized spacial score (nSPS) is 10.8. The molecule has 0 bridgehead atoms. The van der Waals surface area contributed by atoms with Gasteiger partial charge in [-0.05, 0) is 25.7 Å². The molecule has 0 radical (unpaired) electrons. The Morgan fingerprint density at radius 1 is 0.929 bits per heavy atom. The van der Waals surface area contributed by atoms with E-state index in [1.54, 1.807) is 0 Å². The second-order valence-electron chi connectivity index (χ2n) is 3.47. The van der Waals surface area contributed by atoms with E-state index in [-0.39, 0.29) is 19.1 Å². The lowest BCUT2D eigenvalue weighted by molar-refractivity contribution is -0.142.